The third-order valence-electron chi connectivity index (χ3n) is 2.01. The van der Waals surface area contributed by atoms with Gasteiger partial charge in [-0.15, -0.1) is 0 Å². The number of aliphatic hydroxyl groups excluding tert-OH is 1. The molecule has 1 N–H and O–H groups in total. The summed E-state index contributed by atoms with van der Waals surface area (Å²) in [6, 6.07) is 0. The topological polar surface area (TPSA) is 81.5 Å². The van der Waals surface area contributed by atoms with Crippen molar-refractivity contribution in [1.82, 2.24) is 4.90 Å². The molecule has 1 atom stereocenters. The quantitative estimate of drug-likeness (QED) is 0.381. The highest BCUT2D eigenvalue weighted by atomic mass is 16.5. The van der Waals surface area contributed by atoms with Gasteiger partial charge in [0.1, 0.15) is 0 Å². The van der Waals surface area contributed by atoms with Crippen LogP contribution >= 0.6 is 0 Å². The Hall–Kier alpha value is -0.810. The van der Waals surface area contributed by atoms with Gasteiger partial charge in [0.2, 0.25) is 0 Å². The molecule has 1 rings (SSSR count). The minimum absolute atomic E-state index is 0.0536. The van der Waals surface area contributed by atoms with Crippen molar-refractivity contribution in [1.29, 1.82) is 0 Å². The molecule has 0 spiro atoms. The third kappa shape index (κ3) is 3.61. The van der Waals surface area contributed by atoms with Gasteiger partial charge in [-0.3, -0.25) is 4.90 Å². The maximum Gasteiger partial charge on any atom is 0.0932 e. The fourth-order valence-electron chi connectivity index (χ4n) is 1.32. The number of hydrogen-bond donors (Lipinski definition) is 1. The van der Waals surface area contributed by atoms with Crippen LogP contribution in [0.15, 0.2) is 5.11 Å². The zero-order valence-corrected chi connectivity index (χ0v) is 7.46. The van der Waals surface area contributed by atoms with E-state index in [0.29, 0.717) is 13.2 Å². The second kappa shape index (κ2) is 5.77. The van der Waals surface area contributed by atoms with E-state index in [1.807, 2.05) is 0 Å². The van der Waals surface area contributed by atoms with E-state index in [1.165, 1.54) is 0 Å². The molecule has 0 amide bonds. The second-order valence-corrected chi connectivity index (χ2v) is 2.93. The lowest BCUT2D eigenvalue weighted by Crippen LogP contribution is -2.44. The summed E-state index contributed by atoms with van der Waals surface area (Å²) in [4.78, 5) is 4.80. The predicted octanol–water partition coefficient (Wildman–Crippen LogP) is -0.0102. The van der Waals surface area contributed by atoms with Gasteiger partial charge in [-0.1, -0.05) is 5.11 Å². The summed E-state index contributed by atoms with van der Waals surface area (Å²) in [7, 11) is 0. The molecule has 0 aliphatic carbocycles. The monoisotopic (exact) mass is 186 g/mol. The average molecular weight is 186 g/mol. The molecule has 1 aliphatic heterocycles. The summed E-state index contributed by atoms with van der Waals surface area (Å²) in [5.41, 5.74) is 8.07. The van der Waals surface area contributed by atoms with E-state index < -0.39 is 0 Å². The molecule has 74 valence electrons. The number of hydrogen-bond acceptors (Lipinski definition) is 4. The first-order valence-corrected chi connectivity index (χ1v) is 4.32. The lowest BCUT2D eigenvalue weighted by Gasteiger charge is -2.31. The Morgan fingerprint density at radius 1 is 1.69 bits per heavy atom. The van der Waals surface area contributed by atoms with E-state index in [1.54, 1.807) is 0 Å². The van der Waals surface area contributed by atoms with Crippen molar-refractivity contribution in [2.45, 2.75) is 6.10 Å². The molecule has 0 saturated carbocycles. The Bertz CT molecular complexity index is 193. The molecule has 13 heavy (non-hydrogen) atoms. The Morgan fingerprint density at radius 3 is 3.23 bits per heavy atom. The van der Waals surface area contributed by atoms with Crippen LogP contribution in [0.1, 0.15) is 0 Å². The highest BCUT2D eigenvalue weighted by Crippen LogP contribution is 2.03. The standard InChI is InChI=1S/C7H14N4O2/c8-10-9-1-2-11-3-4-13-7(5-11)6-12/h7,12H,1-6H2. The van der Waals surface area contributed by atoms with Gasteiger partial charge in [-0.25, -0.2) is 0 Å². The second-order valence-electron chi connectivity index (χ2n) is 2.93. The van der Waals surface area contributed by atoms with Gasteiger partial charge in [-0.2, -0.15) is 0 Å². The maximum atomic E-state index is 8.85. The number of rotatable bonds is 4. The van der Waals surface area contributed by atoms with Gasteiger partial charge >= 0.3 is 0 Å². The number of aliphatic hydroxyl groups is 1. The zero-order valence-electron chi connectivity index (χ0n) is 7.46. The predicted molar refractivity (Wildman–Crippen MR) is 47.3 cm³/mol. The van der Waals surface area contributed by atoms with Crippen molar-refractivity contribution in [2.24, 2.45) is 5.11 Å². The number of azide groups is 1. The lowest BCUT2D eigenvalue weighted by atomic mass is 10.3. The first-order valence-electron chi connectivity index (χ1n) is 4.32. The summed E-state index contributed by atoms with van der Waals surface area (Å²) < 4.78 is 5.27. The van der Waals surface area contributed by atoms with Crippen molar-refractivity contribution in [3.8, 4) is 0 Å². The summed E-state index contributed by atoms with van der Waals surface area (Å²) in [6.07, 6.45) is -0.0835. The van der Waals surface area contributed by atoms with Crippen molar-refractivity contribution in [3.05, 3.63) is 10.4 Å². The van der Waals surface area contributed by atoms with Crippen molar-refractivity contribution in [3.63, 3.8) is 0 Å². The van der Waals surface area contributed by atoms with E-state index in [0.717, 1.165) is 19.6 Å². The van der Waals surface area contributed by atoms with Crippen LogP contribution in [0, 0.1) is 0 Å². The number of morpholine rings is 1. The molecule has 1 saturated heterocycles. The van der Waals surface area contributed by atoms with Gasteiger partial charge in [0.15, 0.2) is 0 Å². The van der Waals surface area contributed by atoms with Crippen LogP contribution in [-0.2, 0) is 4.74 Å². The van der Waals surface area contributed by atoms with Crippen LogP contribution in [-0.4, -0.2) is 55.5 Å². The minimum Gasteiger partial charge on any atom is -0.394 e. The average Bonchev–Trinajstić information content (AvgIpc) is 2.19. The molecule has 0 aromatic rings. The largest absolute Gasteiger partial charge is 0.394 e. The molecule has 6 nitrogen and oxygen atoms in total. The molecule has 1 aliphatic rings. The summed E-state index contributed by atoms with van der Waals surface area (Å²) in [6.45, 7) is 3.48. The Kier molecular flexibility index (Phi) is 4.56. The van der Waals surface area contributed by atoms with Gasteiger partial charge in [0.25, 0.3) is 0 Å². The van der Waals surface area contributed by atoms with Gasteiger partial charge in [0.05, 0.1) is 19.3 Å². The summed E-state index contributed by atoms with van der Waals surface area (Å²) in [5.74, 6) is 0. The molecule has 0 bridgehead atoms. The van der Waals surface area contributed by atoms with Gasteiger partial charge in [0, 0.05) is 31.1 Å². The molecular formula is C7H14N4O2. The molecule has 1 unspecified atom stereocenters. The van der Waals surface area contributed by atoms with Gasteiger partial charge in [-0.05, 0) is 5.53 Å². The Morgan fingerprint density at radius 2 is 2.54 bits per heavy atom. The van der Waals surface area contributed by atoms with Crippen LogP contribution in [0.25, 0.3) is 10.4 Å². The number of nitrogens with zero attached hydrogens (tertiary/aromatic N) is 4. The highest BCUT2D eigenvalue weighted by molar-refractivity contribution is 4.71. The van der Waals surface area contributed by atoms with E-state index in [2.05, 4.69) is 14.9 Å². The van der Waals surface area contributed by atoms with Crippen LogP contribution < -0.4 is 0 Å². The van der Waals surface area contributed by atoms with Crippen LogP contribution in [0.2, 0.25) is 0 Å². The summed E-state index contributed by atoms with van der Waals surface area (Å²) in [5, 5.41) is 12.3. The van der Waals surface area contributed by atoms with Crippen molar-refractivity contribution in [2.75, 3.05) is 39.4 Å². The Balaban J connectivity index is 2.21. The SMILES string of the molecule is [N-]=[N+]=NCCN1CCOC(CO)C1. The molecule has 1 fully saturated rings. The van der Waals surface area contributed by atoms with E-state index >= 15 is 0 Å². The van der Waals surface area contributed by atoms with Gasteiger partial charge < -0.3 is 9.84 Å². The normalized spacial score (nSPS) is 23.9. The molecule has 1 heterocycles. The fourth-order valence-corrected chi connectivity index (χ4v) is 1.32. The van der Waals surface area contributed by atoms with E-state index in [9.17, 15) is 0 Å². The molecular weight excluding hydrogens is 172 g/mol. The Labute approximate surface area is 76.7 Å². The molecule has 0 aromatic carbocycles. The molecule has 0 radical (unpaired) electrons. The minimum atomic E-state index is -0.0835. The fraction of sp³-hybridized carbons (Fsp3) is 1.00. The highest BCUT2D eigenvalue weighted by Gasteiger charge is 2.18. The first kappa shape index (κ1) is 10.3. The first-order chi connectivity index (χ1) is 6.36. The molecule has 0 aromatic heterocycles. The van der Waals surface area contributed by atoms with Crippen LogP contribution in [0.4, 0.5) is 0 Å². The van der Waals surface area contributed by atoms with E-state index in [4.69, 9.17) is 15.4 Å². The van der Waals surface area contributed by atoms with Crippen molar-refractivity contribution >= 4 is 0 Å². The summed E-state index contributed by atoms with van der Waals surface area (Å²) >= 11 is 0. The third-order valence-corrected chi connectivity index (χ3v) is 2.01. The number of ether oxygens (including phenoxy) is 1. The van der Waals surface area contributed by atoms with Crippen LogP contribution in [0.3, 0.4) is 0 Å². The van der Waals surface area contributed by atoms with Crippen LogP contribution in [0.5, 0.6) is 0 Å². The van der Waals surface area contributed by atoms with Crippen molar-refractivity contribution < 1.29 is 9.84 Å². The lowest BCUT2D eigenvalue weighted by molar-refractivity contribution is -0.0517. The maximum absolute atomic E-state index is 8.85. The smallest absolute Gasteiger partial charge is 0.0932 e. The molecule has 6 heteroatoms. The van der Waals surface area contributed by atoms with E-state index in [-0.39, 0.29) is 12.7 Å². The zero-order chi connectivity index (χ0) is 9.52.